The highest BCUT2D eigenvalue weighted by Crippen LogP contribution is 2.23. The predicted octanol–water partition coefficient (Wildman–Crippen LogP) is 3.22. The number of nitrogens with zero attached hydrogens (tertiary/aromatic N) is 1. The molecule has 1 amide bonds. The van der Waals surface area contributed by atoms with E-state index in [0.717, 1.165) is 25.4 Å². The largest absolute Gasteiger partial charge is 0.492 e. The molecule has 2 aromatic carbocycles. The van der Waals surface area contributed by atoms with Crippen molar-refractivity contribution in [3.63, 3.8) is 0 Å². The first-order valence-electron chi connectivity index (χ1n) is 13.6. The normalized spacial score (nSPS) is 20.1. The minimum absolute atomic E-state index is 0.200. The van der Waals surface area contributed by atoms with Crippen LogP contribution < -0.4 is 26.6 Å². The number of esters is 1. The number of nitrogens with two attached hydrogens (primary N) is 1. The van der Waals surface area contributed by atoms with Crippen LogP contribution in [0.3, 0.4) is 0 Å². The van der Waals surface area contributed by atoms with Crippen molar-refractivity contribution in [2.24, 2.45) is 5.84 Å². The molecule has 2 heterocycles. The second-order valence-corrected chi connectivity index (χ2v) is 9.76. The van der Waals surface area contributed by atoms with Crippen molar-refractivity contribution >= 4 is 23.3 Å². The van der Waals surface area contributed by atoms with Gasteiger partial charge in [-0.2, -0.15) is 0 Å². The predicted molar refractivity (Wildman–Crippen MR) is 150 cm³/mol. The third-order valence-corrected chi connectivity index (χ3v) is 6.84. The Labute approximate surface area is 229 Å². The Balaban J connectivity index is 1.34. The lowest BCUT2D eigenvalue weighted by atomic mass is 10.1. The van der Waals surface area contributed by atoms with Gasteiger partial charge in [0.15, 0.2) is 0 Å². The first kappa shape index (κ1) is 28.4. The van der Waals surface area contributed by atoms with Gasteiger partial charge < -0.3 is 30.3 Å². The summed E-state index contributed by atoms with van der Waals surface area (Å²) in [5, 5.41) is 6.16. The van der Waals surface area contributed by atoms with Gasteiger partial charge in [0.05, 0.1) is 18.0 Å². The summed E-state index contributed by atoms with van der Waals surface area (Å²) in [4.78, 5) is 26.8. The van der Waals surface area contributed by atoms with Gasteiger partial charge in [0.25, 0.3) is 5.91 Å². The van der Waals surface area contributed by atoms with Gasteiger partial charge in [-0.1, -0.05) is 24.6 Å². The molecule has 10 heteroatoms. The number of ether oxygens (including phenoxy) is 3. The molecule has 210 valence electrons. The second kappa shape index (κ2) is 14.5. The standard InChI is InChI=1S/C29H39N5O5/c1-21(35)39-24-13-17-38-28(19-24)31-20-27(33-30)25-7-3-4-8-26(25)32-29(36)22-9-11-23(12-10-22)37-18-16-34-14-5-2-6-15-34/h3-4,7-12,20,24,28,31,33H,2,5-6,13-19,30H2,1H3,(H,32,36)/b27-20-/t24-,28+/m0/s1. The zero-order chi connectivity index (χ0) is 27.5. The van der Waals surface area contributed by atoms with Crippen LogP contribution in [-0.2, 0) is 14.3 Å². The number of hydrazine groups is 1. The number of rotatable bonds is 11. The van der Waals surface area contributed by atoms with E-state index in [4.69, 9.17) is 20.1 Å². The fourth-order valence-corrected chi connectivity index (χ4v) is 4.80. The summed E-state index contributed by atoms with van der Waals surface area (Å²) in [7, 11) is 0. The van der Waals surface area contributed by atoms with Crippen molar-refractivity contribution in [2.75, 3.05) is 38.2 Å². The summed E-state index contributed by atoms with van der Waals surface area (Å²) < 4.78 is 16.9. The van der Waals surface area contributed by atoms with Crippen LogP contribution in [0.15, 0.2) is 54.7 Å². The van der Waals surface area contributed by atoms with Crippen molar-refractivity contribution in [1.82, 2.24) is 15.6 Å². The number of para-hydroxylation sites is 1. The molecule has 0 bridgehead atoms. The number of hydrogen-bond acceptors (Lipinski definition) is 9. The molecule has 0 spiro atoms. The highest BCUT2D eigenvalue weighted by molar-refractivity contribution is 6.05. The number of carbonyl (C=O) groups excluding carboxylic acids is 2. The highest BCUT2D eigenvalue weighted by atomic mass is 16.6. The van der Waals surface area contributed by atoms with Gasteiger partial charge in [-0.15, -0.1) is 0 Å². The minimum atomic E-state index is -0.339. The Morgan fingerprint density at radius 1 is 1.10 bits per heavy atom. The average Bonchev–Trinajstić information content (AvgIpc) is 2.95. The van der Waals surface area contributed by atoms with E-state index >= 15 is 0 Å². The van der Waals surface area contributed by atoms with Gasteiger partial charge in [0.2, 0.25) is 0 Å². The van der Waals surface area contributed by atoms with Crippen molar-refractivity contribution in [1.29, 1.82) is 0 Å². The van der Waals surface area contributed by atoms with E-state index in [1.54, 1.807) is 18.3 Å². The number of anilines is 1. The van der Waals surface area contributed by atoms with Crippen LogP contribution in [0, 0.1) is 0 Å². The SMILES string of the molecule is CC(=O)O[C@H]1CCO[C@@H](N/C=C(\NN)c2ccccc2NC(=O)c2ccc(OCCN3CCCCC3)cc2)C1. The number of benzene rings is 2. The lowest BCUT2D eigenvalue weighted by Crippen LogP contribution is -2.39. The maximum atomic E-state index is 13.0. The summed E-state index contributed by atoms with van der Waals surface area (Å²) >= 11 is 0. The lowest BCUT2D eigenvalue weighted by molar-refractivity contribution is -0.153. The van der Waals surface area contributed by atoms with Gasteiger partial charge in [-0.05, 0) is 56.3 Å². The molecule has 2 aliphatic rings. The Morgan fingerprint density at radius 3 is 2.62 bits per heavy atom. The first-order valence-corrected chi connectivity index (χ1v) is 13.6. The first-order chi connectivity index (χ1) is 19.0. The Bertz CT molecular complexity index is 1120. The van der Waals surface area contributed by atoms with E-state index in [9.17, 15) is 9.59 Å². The molecule has 0 aromatic heterocycles. The molecular weight excluding hydrogens is 498 g/mol. The molecule has 2 fully saturated rings. The van der Waals surface area contributed by atoms with E-state index in [1.165, 1.54) is 26.2 Å². The quantitative estimate of drug-likeness (QED) is 0.194. The Hall–Kier alpha value is -3.60. The van der Waals surface area contributed by atoms with E-state index in [0.29, 0.717) is 48.6 Å². The number of likely N-dealkylation sites (tertiary alicyclic amines) is 1. The number of hydrogen-bond donors (Lipinski definition) is 4. The monoisotopic (exact) mass is 537 g/mol. The van der Waals surface area contributed by atoms with Crippen LogP contribution in [0.5, 0.6) is 5.75 Å². The van der Waals surface area contributed by atoms with Crippen molar-refractivity contribution in [3.8, 4) is 5.75 Å². The third kappa shape index (κ3) is 8.71. The smallest absolute Gasteiger partial charge is 0.302 e. The van der Waals surface area contributed by atoms with Crippen LogP contribution >= 0.6 is 0 Å². The topological polar surface area (TPSA) is 127 Å². The maximum Gasteiger partial charge on any atom is 0.302 e. The summed E-state index contributed by atoms with van der Waals surface area (Å²) in [6.45, 7) is 5.70. The third-order valence-electron chi connectivity index (χ3n) is 6.84. The molecule has 0 unspecified atom stereocenters. The minimum Gasteiger partial charge on any atom is -0.492 e. The molecule has 2 aromatic rings. The van der Waals surface area contributed by atoms with Gasteiger partial charge in [0.1, 0.15) is 24.7 Å². The molecular formula is C29H39N5O5. The van der Waals surface area contributed by atoms with Crippen molar-refractivity contribution < 1.29 is 23.8 Å². The molecule has 2 atom stereocenters. The van der Waals surface area contributed by atoms with E-state index in [2.05, 4.69) is 21.0 Å². The number of amides is 1. The van der Waals surface area contributed by atoms with Crippen LogP contribution in [0.4, 0.5) is 5.69 Å². The summed E-state index contributed by atoms with van der Waals surface area (Å²) in [5.41, 5.74) is 5.06. The van der Waals surface area contributed by atoms with Gasteiger partial charge in [0, 0.05) is 43.6 Å². The van der Waals surface area contributed by atoms with E-state index in [-0.39, 0.29) is 24.2 Å². The fourth-order valence-electron chi connectivity index (χ4n) is 4.80. The second-order valence-electron chi connectivity index (χ2n) is 9.76. The molecule has 0 aliphatic carbocycles. The average molecular weight is 538 g/mol. The molecule has 2 saturated heterocycles. The Morgan fingerprint density at radius 2 is 1.87 bits per heavy atom. The summed E-state index contributed by atoms with van der Waals surface area (Å²) in [6.07, 6.45) is 6.17. The van der Waals surface area contributed by atoms with Crippen LogP contribution in [0.1, 0.15) is 54.9 Å². The highest BCUT2D eigenvalue weighted by Gasteiger charge is 2.24. The van der Waals surface area contributed by atoms with Gasteiger partial charge >= 0.3 is 5.97 Å². The van der Waals surface area contributed by atoms with Crippen molar-refractivity contribution in [2.45, 2.75) is 51.4 Å². The number of piperidine rings is 1. The molecule has 0 saturated carbocycles. The Kier molecular flexibility index (Phi) is 10.6. The molecule has 0 radical (unpaired) electrons. The van der Waals surface area contributed by atoms with E-state index < -0.39 is 0 Å². The summed E-state index contributed by atoms with van der Waals surface area (Å²) in [6, 6.07) is 14.5. The number of carbonyl (C=O) groups is 2. The van der Waals surface area contributed by atoms with Crippen molar-refractivity contribution in [3.05, 3.63) is 65.9 Å². The number of nitrogens with one attached hydrogen (secondary N) is 3. The van der Waals surface area contributed by atoms with Crippen LogP contribution in [-0.4, -0.2) is 62.0 Å². The summed E-state index contributed by atoms with van der Waals surface area (Å²) in [5.74, 6) is 6.03. The molecule has 10 nitrogen and oxygen atoms in total. The zero-order valence-electron chi connectivity index (χ0n) is 22.5. The van der Waals surface area contributed by atoms with Gasteiger partial charge in [-0.25, -0.2) is 0 Å². The van der Waals surface area contributed by atoms with Crippen LogP contribution in [0.25, 0.3) is 5.70 Å². The fraction of sp³-hybridized carbons (Fsp3) is 0.448. The molecule has 5 N–H and O–H groups in total. The maximum absolute atomic E-state index is 13.0. The molecule has 39 heavy (non-hydrogen) atoms. The van der Waals surface area contributed by atoms with Gasteiger partial charge in [-0.3, -0.25) is 20.3 Å². The lowest BCUT2D eigenvalue weighted by Gasteiger charge is -2.29. The van der Waals surface area contributed by atoms with Crippen LogP contribution in [0.2, 0.25) is 0 Å². The molecule has 4 rings (SSSR count). The zero-order valence-corrected chi connectivity index (χ0v) is 22.5. The van der Waals surface area contributed by atoms with E-state index in [1.807, 2.05) is 36.4 Å². The molecule has 2 aliphatic heterocycles.